The lowest BCUT2D eigenvalue weighted by Gasteiger charge is -2.24. The Hall–Kier alpha value is -3.89. The van der Waals surface area contributed by atoms with Crippen LogP contribution in [0.3, 0.4) is 0 Å². The van der Waals surface area contributed by atoms with E-state index in [0.29, 0.717) is 21.1 Å². The first-order valence-corrected chi connectivity index (χ1v) is 11.5. The molecule has 2 aromatic heterocycles. The van der Waals surface area contributed by atoms with Crippen LogP contribution in [0.25, 0.3) is 10.2 Å². The van der Waals surface area contributed by atoms with E-state index in [-0.39, 0.29) is 11.3 Å². The number of thiophene rings is 1. The fourth-order valence-electron chi connectivity index (χ4n) is 3.79. The maximum absolute atomic E-state index is 13.3. The zero-order chi connectivity index (χ0) is 23.3. The van der Waals surface area contributed by atoms with Gasteiger partial charge >= 0.3 is 0 Å². The second-order valence-corrected chi connectivity index (χ2v) is 9.42. The van der Waals surface area contributed by atoms with Crippen molar-refractivity contribution in [3.8, 4) is 0 Å². The summed E-state index contributed by atoms with van der Waals surface area (Å²) in [6.45, 7) is 1.95. The van der Waals surface area contributed by atoms with Crippen LogP contribution >= 0.6 is 22.7 Å². The molecule has 10 heteroatoms. The Morgan fingerprint density at radius 3 is 2.61 bits per heavy atom. The summed E-state index contributed by atoms with van der Waals surface area (Å²) in [5, 5.41) is 24.0. The van der Waals surface area contributed by atoms with Crippen LogP contribution in [-0.4, -0.2) is 26.7 Å². The lowest BCUT2D eigenvalue weighted by molar-refractivity contribution is -0.384. The number of carbonyl (C=O) groups excluding carboxylic acids is 2. The minimum absolute atomic E-state index is 0.0771. The SMILES string of the molecule is Cc1ccc2nc(N3C(=O)C(O)=C(C(=O)c4cccs4)[C@@H]3c3ccc([N+](=O)[O-])cc3)sc2c1. The van der Waals surface area contributed by atoms with Crippen molar-refractivity contribution >= 4 is 55.4 Å². The number of benzene rings is 2. The van der Waals surface area contributed by atoms with Crippen LogP contribution in [-0.2, 0) is 4.79 Å². The van der Waals surface area contributed by atoms with E-state index < -0.39 is 28.4 Å². The van der Waals surface area contributed by atoms with Crippen LogP contribution in [0.4, 0.5) is 10.8 Å². The Labute approximate surface area is 195 Å². The highest BCUT2D eigenvalue weighted by molar-refractivity contribution is 7.22. The maximum atomic E-state index is 13.3. The predicted octanol–water partition coefficient (Wildman–Crippen LogP) is 5.36. The van der Waals surface area contributed by atoms with Gasteiger partial charge in [0.25, 0.3) is 11.6 Å². The average Bonchev–Trinajstić information content (AvgIpc) is 3.52. The fourth-order valence-corrected chi connectivity index (χ4v) is 5.56. The van der Waals surface area contributed by atoms with Gasteiger partial charge in [-0.25, -0.2) is 4.98 Å². The summed E-state index contributed by atoms with van der Waals surface area (Å²) in [6.07, 6.45) is 0. The Kier molecular flexibility index (Phi) is 5.03. The number of nitro groups is 1. The highest BCUT2D eigenvalue weighted by Crippen LogP contribution is 2.44. The molecule has 8 nitrogen and oxygen atoms in total. The van der Waals surface area contributed by atoms with Crippen molar-refractivity contribution in [2.24, 2.45) is 0 Å². The fraction of sp³-hybridized carbons (Fsp3) is 0.0870. The van der Waals surface area contributed by atoms with Gasteiger partial charge in [0.05, 0.1) is 31.6 Å². The minimum Gasteiger partial charge on any atom is -0.503 e. The molecule has 1 N–H and O–H groups in total. The topological polar surface area (TPSA) is 114 Å². The third-order valence-corrected chi connectivity index (χ3v) is 7.24. The number of nitrogens with zero attached hydrogens (tertiary/aromatic N) is 3. The van der Waals surface area contributed by atoms with Gasteiger partial charge in [-0.3, -0.25) is 24.6 Å². The molecule has 1 aliphatic rings. The van der Waals surface area contributed by atoms with Crippen LogP contribution in [0.5, 0.6) is 0 Å². The molecule has 33 heavy (non-hydrogen) atoms. The molecule has 0 saturated heterocycles. The van der Waals surface area contributed by atoms with Crippen molar-refractivity contribution in [1.29, 1.82) is 0 Å². The molecule has 0 saturated carbocycles. The van der Waals surface area contributed by atoms with Gasteiger partial charge in [-0.15, -0.1) is 11.3 Å². The first-order valence-electron chi connectivity index (χ1n) is 9.81. The molecule has 0 spiro atoms. The van der Waals surface area contributed by atoms with Crippen LogP contribution < -0.4 is 4.90 Å². The van der Waals surface area contributed by atoms with Gasteiger partial charge in [0.15, 0.2) is 10.9 Å². The van der Waals surface area contributed by atoms with E-state index in [2.05, 4.69) is 4.98 Å². The largest absolute Gasteiger partial charge is 0.503 e. The molecule has 0 radical (unpaired) electrons. The first-order chi connectivity index (χ1) is 15.8. The number of fused-ring (bicyclic) bond motifs is 1. The normalized spacial score (nSPS) is 16.1. The lowest BCUT2D eigenvalue weighted by atomic mass is 9.95. The maximum Gasteiger partial charge on any atom is 0.296 e. The molecule has 0 bridgehead atoms. The van der Waals surface area contributed by atoms with Crippen LogP contribution in [0.1, 0.15) is 26.8 Å². The molecule has 0 aliphatic carbocycles. The number of anilines is 1. The highest BCUT2D eigenvalue weighted by Gasteiger charge is 2.46. The van der Waals surface area contributed by atoms with E-state index in [1.807, 2.05) is 25.1 Å². The van der Waals surface area contributed by atoms with Gasteiger partial charge in [-0.2, -0.15) is 0 Å². The van der Waals surface area contributed by atoms with Gasteiger partial charge in [0.1, 0.15) is 0 Å². The second-order valence-electron chi connectivity index (χ2n) is 7.46. The van der Waals surface area contributed by atoms with Crippen LogP contribution in [0.15, 0.2) is 71.3 Å². The number of non-ortho nitro benzene ring substituents is 1. The smallest absolute Gasteiger partial charge is 0.296 e. The summed E-state index contributed by atoms with van der Waals surface area (Å²) in [7, 11) is 0. The quantitative estimate of drug-likeness (QED) is 0.235. The number of aliphatic hydroxyl groups excluding tert-OH is 1. The van der Waals surface area contributed by atoms with E-state index in [4.69, 9.17) is 0 Å². The van der Waals surface area contributed by atoms with E-state index in [1.165, 1.54) is 51.8 Å². The standard InChI is InChI=1S/C23H15N3O5S2/c1-12-4-9-15-17(11-12)33-23(24-15)25-19(13-5-7-14(8-6-13)26(30)31)18(21(28)22(25)29)20(27)16-3-2-10-32-16/h2-11,19,28H,1H3/t19-/m0/s1. The van der Waals surface area contributed by atoms with Gasteiger partial charge in [0.2, 0.25) is 5.78 Å². The highest BCUT2D eigenvalue weighted by atomic mass is 32.1. The summed E-state index contributed by atoms with van der Waals surface area (Å²) in [4.78, 5) is 43.3. The molecular weight excluding hydrogens is 462 g/mol. The number of amides is 1. The van der Waals surface area contributed by atoms with Crippen molar-refractivity contribution in [3.63, 3.8) is 0 Å². The zero-order valence-electron chi connectivity index (χ0n) is 17.1. The van der Waals surface area contributed by atoms with E-state index in [9.17, 15) is 24.8 Å². The molecule has 1 atom stereocenters. The molecule has 5 rings (SSSR count). The zero-order valence-corrected chi connectivity index (χ0v) is 18.7. The number of nitro benzene ring substituents is 1. The van der Waals surface area contributed by atoms with Crippen molar-refractivity contribution in [1.82, 2.24) is 4.98 Å². The second kappa shape index (κ2) is 7.91. The molecule has 1 amide bonds. The van der Waals surface area contributed by atoms with Crippen LogP contribution in [0.2, 0.25) is 0 Å². The number of hydrogen-bond acceptors (Lipinski definition) is 8. The Morgan fingerprint density at radius 1 is 1.18 bits per heavy atom. The van der Waals surface area contributed by atoms with Crippen molar-refractivity contribution in [2.45, 2.75) is 13.0 Å². The van der Waals surface area contributed by atoms with Crippen molar-refractivity contribution in [3.05, 3.63) is 97.4 Å². The summed E-state index contributed by atoms with van der Waals surface area (Å²) in [6, 6.07) is 13.6. The number of carbonyl (C=O) groups is 2. The van der Waals surface area contributed by atoms with Crippen molar-refractivity contribution in [2.75, 3.05) is 4.90 Å². The third kappa shape index (κ3) is 3.49. The van der Waals surface area contributed by atoms with Gasteiger partial charge in [-0.1, -0.05) is 23.5 Å². The van der Waals surface area contributed by atoms with Gasteiger partial charge in [-0.05, 0) is 53.8 Å². The number of aryl methyl sites for hydroxylation is 1. The van der Waals surface area contributed by atoms with Crippen LogP contribution in [0, 0.1) is 17.0 Å². The lowest BCUT2D eigenvalue weighted by Crippen LogP contribution is -2.30. The molecule has 2 aromatic carbocycles. The number of aromatic nitrogens is 1. The molecule has 3 heterocycles. The number of ketones is 1. The molecule has 164 valence electrons. The van der Waals surface area contributed by atoms with E-state index in [1.54, 1.807) is 17.5 Å². The summed E-state index contributed by atoms with van der Waals surface area (Å²) in [5.41, 5.74) is 1.98. The monoisotopic (exact) mass is 477 g/mol. The molecule has 1 aliphatic heterocycles. The molecular formula is C23H15N3O5S2. The number of aliphatic hydroxyl groups is 1. The summed E-state index contributed by atoms with van der Waals surface area (Å²) < 4.78 is 0.859. The van der Waals surface area contributed by atoms with Crippen molar-refractivity contribution < 1.29 is 19.6 Å². The third-order valence-electron chi connectivity index (χ3n) is 5.36. The summed E-state index contributed by atoms with van der Waals surface area (Å²) >= 11 is 2.47. The van der Waals surface area contributed by atoms with Gasteiger partial charge < -0.3 is 5.11 Å². The number of rotatable bonds is 5. The minimum atomic E-state index is -0.977. The average molecular weight is 478 g/mol. The first kappa shape index (κ1) is 21.0. The Balaban J connectivity index is 1.67. The number of thiazole rings is 1. The molecule has 0 fully saturated rings. The van der Waals surface area contributed by atoms with E-state index >= 15 is 0 Å². The van der Waals surface area contributed by atoms with E-state index in [0.717, 1.165) is 10.3 Å². The number of Topliss-reactive ketones (excluding diaryl/α,β-unsaturated/α-hetero) is 1. The molecule has 0 unspecified atom stereocenters. The summed E-state index contributed by atoms with van der Waals surface area (Å²) in [5.74, 6) is -1.86. The Morgan fingerprint density at radius 2 is 1.94 bits per heavy atom. The predicted molar refractivity (Wildman–Crippen MR) is 126 cm³/mol. The van der Waals surface area contributed by atoms with Gasteiger partial charge in [0, 0.05) is 12.1 Å². The number of hydrogen-bond donors (Lipinski definition) is 1. The molecule has 4 aromatic rings. The Bertz CT molecular complexity index is 1460.